The van der Waals surface area contributed by atoms with Crippen LogP contribution in [0.25, 0.3) is 0 Å². The van der Waals surface area contributed by atoms with E-state index in [0.717, 1.165) is 25.7 Å². The maximum atomic E-state index is 12.0. The van der Waals surface area contributed by atoms with Crippen LogP contribution in [0.1, 0.15) is 51.4 Å². The van der Waals surface area contributed by atoms with E-state index in [0.29, 0.717) is 5.25 Å². The molecule has 0 heterocycles. The van der Waals surface area contributed by atoms with E-state index in [-0.39, 0.29) is 6.10 Å². The van der Waals surface area contributed by atoms with Crippen LogP contribution in [0.15, 0.2) is 0 Å². The lowest BCUT2D eigenvalue weighted by Gasteiger charge is -2.18. The van der Waals surface area contributed by atoms with E-state index in [4.69, 9.17) is 15.8 Å². The van der Waals surface area contributed by atoms with E-state index in [9.17, 15) is 4.57 Å². The van der Waals surface area contributed by atoms with Crippen LogP contribution < -0.4 is 0 Å². The topological polar surface area (TPSA) is 26.3 Å². The molecule has 0 aliphatic heterocycles. The maximum Gasteiger partial charge on any atom is 0.346 e. The first-order valence-corrected chi connectivity index (χ1v) is 9.84. The lowest BCUT2D eigenvalue weighted by molar-refractivity contribution is 0.226. The molecule has 0 spiro atoms. The van der Waals surface area contributed by atoms with E-state index >= 15 is 0 Å². The molecule has 0 saturated heterocycles. The molecule has 88 valence electrons. The van der Waals surface area contributed by atoms with Crippen molar-refractivity contribution in [3.05, 3.63) is 0 Å². The van der Waals surface area contributed by atoms with Crippen LogP contribution in [0.3, 0.4) is 0 Å². The summed E-state index contributed by atoms with van der Waals surface area (Å²) < 4.78 is 17.6. The monoisotopic (exact) mass is 268 g/mol. The van der Waals surface area contributed by atoms with Crippen molar-refractivity contribution in [1.82, 2.24) is 0 Å². The molecule has 5 heteroatoms. The predicted molar refractivity (Wildman–Crippen MR) is 66.6 cm³/mol. The van der Waals surface area contributed by atoms with E-state index in [1.807, 2.05) is 0 Å². The third-order valence-corrected chi connectivity index (χ3v) is 7.59. The van der Waals surface area contributed by atoms with Gasteiger partial charge < -0.3 is 4.52 Å². The molecule has 0 bridgehead atoms. The quantitative estimate of drug-likeness (QED) is 0.674. The first-order valence-electron chi connectivity index (χ1n) is 5.82. The van der Waals surface area contributed by atoms with Gasteiger partial charge in [0.15, 0.2) is 0 Å². The average molecular weight is 269 g/mol. The Labute approximate surface area is 100 Å². The zero-order chi connectivity index (χ0) is 10.7. The van der Waals surface area contributed by atoms with Gasteiger partial charge in [-0.2, -0.15) is 0 Å². The summed E-state index contributed by atoms with van der Waals surface area (Å²) in [4.78, 5) is 0. The summed E-state index contributed by atoms with van der Waals surface area (Å²) in [5.74, 6) is -2.90. The van der Waals surface area contributed by atoms with Crippen LogP contribution in [0.4, 0.5) is 0 Å². The number of hydrogen-bond donors (Lipinski definition) is 0. The Morgan fingerprint density at radius 1 is 1.07 bits per heavy atom. The van der Waals surface area contributed by atoms with E-state index in [1.54, 1.807) is 0 Å². The third kappa shape index (κ3) is 3.96. The molecule has 1 atom stereocenters. The second kappa shape index (κ2) is 5.44. The highest BCUT2D eigenvalue weighted by Crippen LogP contribution is 2.68. The largest absolute Gasteiger partial charge is 0.346 e. The van der Waals surface area contributed by atoms with Gasteiger partial charge in [0.25, 0.3) is 0 Å². The average Bonchev–Trinajstić information content (AvgIpc) is 2.75. The summed E-state index contributed by atoms with van der Waals surface area (Å²) in [5, 5.41) is 0.467. The van der Waals surface area contributed by atoms with E-state index in [1.165, 1.54) is 37.1 Å². The van der Waals surface area contributed by atoms with Crippen molar-refractivity contribution in [2.75, 3.05) is 0 Å². The lowest BCUT2D eigenvalue weighted by atomic mass is 10.3. The molecule has 2 rings (SSSR count). The van der Waals surface area contributed by atoms with Crippen LogP contribution in [-0.2, 0) is 9.09 Å². The van der Waals surface area contributed by atoms with Gasteiger partial charge in [-0.25, -0.2) is 0 Å². The summed E-state index contributed by atoms with van der Waals surface area (Å²) >= 11 is 7.39. The Hall–Kier alpha value is 0.830. The number of halogens is 1. The zero-order valence-electron chi connectivity index (χ0n) is 8.86. The molecule has 0 N–H and O–H groups in total. The SMILES string of the molecule is O=P(Cl)(OC1CCCC1)SC1CCCC1. The molecule has 1 unspecified atom stereocenters. The van der Waals surface area contributed by atoms with Gasteiger partial charge in [-0.1, -0.05) is 37.1 Å². The van der Waals surface area contributed by atoms with Gasteiger partial charge in [0.2, 0.25) is 0 Å². The second-order valence-corrected chi connectivity index (χ2v) is 10.4. The predicted octanol–water partition coefficient (Wildman–Crippen LogP) is 4.97. The summed E-state index contributed by atoms with van der Waals surface area (Å²) in [7, 11) is 0. The molecule has 0 radical (unpaired) electrons. The van der Waals surface area contributed by atoms with Crippen LogP contribution >= 0.6 is 28.5 Å². The van der Waals surface area contributed by atoms with E-state index in [2.05, 4.69) is 0 Å². The van der Waals surface area contributed by atoms with Gasteiger partial charge in [-0.3, -0.25) is 4.57 Å². The van der Waals surface area contributed by atoms with Crippen molar-refractivity contribution >= 4 is 28.5 Å². The van der Waals surface area contributed by atoms with Gasteiger partial charge >= 0.3 is 5.92 Å². The summed E-state index contributed by atoms with van der Waals surface area (Å²) in [6.07, 6.45) is 9.39. The van der Waals surface area contributed by atoms with Crippen molar-refractivity contribution in [1.29, 1.82) is 0 Å². The van der Waals surface area contributed by atoms with Crippen LogP contribution in [0.2, 0.25) is 0 Å². The maximum absolute atomic E-state index is 12.0. The Kier molecular flexibility index (Phi) is 4.46. The lowest BCUT2D eigenvalue weighted by Crippen LogP contribution is -2.03. The Morgan fingerprint density at radius 2 is 1.60 bits per heavy atom. The van der Waals surface area contributed by atoms with Crippen LogP contribution in [0, 0.1) is 0 Å². The van der Waals surface area contributed by atoms with Crippen LogP contribution in [0.5, 0.6) is 0 Å². The Balaban J connectivity index is 1.79. The first-order chi connectivity index (χ1) is 7.16. The molecule has 15 heavy (non-hydrogen) atoms. The molecule has 0 amide bonds. The van der Waals surface area contributed by atoms with Gasteiger partial charge in [0, 0.05) is 5.25 Å². The second-order valence-electron chi connectivity index (χ2n) is 4.45. The minimum atomic E-state index is -2.90. The number of rotatable bonds is 4. The summed E-state index contributed by atoms with van der Waals surface area (Å²) in [6.45, 7) is 0. The fraction of sp³-hybridized carbons (Fsp3) is 1.00. The Morgan fingerprint density at radius 3 is 2.20 bits per heavy atom. The normalized spacial score (nSPS) is 28.3. The number of hydrogen-bond acceptors (Lipinski definition) is 3. The van der Waals surface area contributed by atoms with Crippen LogP contribution in [-0.4, -0.2) is 11.4 Å². The first kappa shape index (κ1) is 12.3. The minimum absolute atomic E-state index is 0.155. The van der Waals surface area contributed by atoms with Gasteiger partial charge in [-0.15, -0.1) is 0 Å². The van der Waals surface area contributed by atoms with Gasteiger partial charge in [-0.05, 0) is 36.9 Å². The minimum Gasteiger partial charge on any atom is -0.307 e. The molecule has 2 nitrogen and oxygen atoms in total. The highest BCUT2D eigenvalue weighted by atomic mass is 35.7. The fourth-order valence-electron chi connectivity index (χ4n) is 2.37. The van der Waals surface area contributed by atoms with Crippen molar-refractivity contribution in [2.24, 2.45) is 0 Å². The van der Waals surface area contributed by atoms with Crippen molar-refractivity contribution in [3.8, 4) is 0 Å². The molecule has 2 saturated carbocycles. The van der Waals surface area contributed by atoms with Crippen molar-refractivity contribution in [2.45, 2.75) is 62.7 Å². The summed E-state index contributed by atoms with van der Waals surface area (Å²) in [6, 6.07) is 0. The molecule has 2 fully saturated rings. The van der Waals surface area contributed by atoms with Gasteiger partial charge in [0.1, 0.15) is 0 Å². The zero-order valence-corrected chi connectivity index (χ0v) is 11.3. The van der Waals surface area contributed by atoms with Crippen molar-refractivity contribution in [3.63, 3.8) is 0 Å². The molecule has 0 aromatic heterocycles. The standard InChI is InChI=1S/C10H18ClO2PS/c11-14(12,13-9-5-1-2-6-9)15-10-7-3-4-8-10/h9-10H,1-8H2. The molecule has 2 aliphatic rings. The van der Waals surface area contributed by atoms with Gasteiger partial charge in [0.05, 0.1) is 6.10 Å². The summed E-state index contributed by atoms with van der Waals surface area (Å²) in [5.41, 5.74) is 0. The smallest absolute Gasteiger partial charge is 0.307 e. The third-order valence-electron chi connectivity index (χ3n) is 3.15. The Bertz CT molecular complexity index is 228. The molecule has 0 aromatic rings. The highest BCUT2D eigenvalue weighted by molar-refractivity contribution is 8.64. The molecular formula is C10H18ClO2PS. The molecule has 2 aliphatic carbocycles. The van der Waals surface area contributed by atoms with Crippen molar-refractivity contribution < 1.29 is 9.09 Å². The fourth-order valence-corrected chi connectivity index (χ4v) is 7.45. The highest BCUT2D eigenvalue weighted by Gasteiger charge is 2.32. The molecule has 0 aromatic carbocycles. The molecular weight excluding hydrogens is 251 g/mol. The van der Waals surface area contributed by atoms with E-state index < -0.39 is 5.92 Å².